The van der Waals surface area contributed by atoms with Gasteiger partial charge in [0, 0.05) is 43.1 Å². The first kappa shape index (κ1) is 30.8. The van der Waals surface area contributed by atoms with Crippen molar-refractivity contribution in [3.8, 4) is 0 Å². The van der Waals surface area contributed by atoms with E-state index in [0.717, 1.165) is 56.6 Å². The van der Waals surface area contributed by atoms with Crippen LogP contribution in [0.5, 0.6) is 0 Å². The molecule has 1 aliphatic heterocycles. The zero-order chi connectivity index (χ0) is 29.5. The number of likely N-dealkylation sites (tertiary alicyclic amines) is 1. The summed E-state index contributed by atoms with van der Waals surface area (Å²) in [4.78, 5) is 40.9. The van der Waals surface area contributed by atoms with Crippen LogP contribution in [0.1, 0.15) is 86.2 Å². The fraction of sp³-hybridized carbons (Fsp3) is 0.531. The highest BCUT2D eigenvalue weighted by molar-refractivity contribution is 5.98. The molecular formula is C32H40F3N3O3. The number of carbonyl (C=O) groups excluding carboxylic acids is 3. The topological polar surface area (TPSA) is 78.5 Å². The van der Waals surface area contributed by atoms with Crippen molar-refractivity contribution in [3.63, 3.8) is 0 Å². The summed E-state index contributed by atoms with van der Waals surface area (Å²) >= 11 is 0. The van der Waals surface area contributed by atoms with Crippen molar-refractivity contribution in [1.29, 1.82) is 0 Å². The number of hydrogen-bond acceptors (Lipinski definition) is 4. The minimum atomic E-state index is -0.669. The van der Waals surface area contributed by atoms with Crippen LogP contribution < -0.4 is 10.6 Å². The summed E-state index contributed by atoms with van der Waals surface area (Å²) in [6.45, 7) is 4.70. The summed E-state index contributed by atoms with van der Waals surface area (Å²) in [6, 6.07) is 7.18. The summed E-state index contributed by atoms with van der Waals surface area (Å²) < 4.78 is 41.9. The zero-order valence-electron chi connectivity index (χ0n) is 23.9. The highest BCUT2D eigenvalue weighted by atomic mass is 19.1. The number of hydrogen-bond donors (Lipinski definition) is 2. The molecule has 0 spiro atoms. The Morgan fingerprint density at radius 2 is 1.68 bits per heavy atom. The van der Waals surface area contributed by atoms with E-state index in [0.29, 0.717) is 13.1 Å². The molecule has 1 aliphatic carbocycles. The maximum absolute atomic E-state index is 14.9. The van der Waals surface area contributed by atoms with Gasteiger partial charge in [0.05, 0.1) is 18.2 Å². The van der Waals surface area contributed by atoms with Crippen LogP contribution in [0, 0.1) is 29.3 Å². The Balaban J connectivity index is 1.40. The molecule has 2 aromatic rings. The Bertz CT molecular complexity index is 1250. The van der Waals surface area contributed by atoms with Gasteiger partial charge in [-0.3, -0.25) is 14.4 Å². The number of ketones is 1. The maximum atomic E-state index is 14.9. The molecule has 2 N–H and O–H groups in total. The van der Waals surface area contributed by atoms with E-state index >= 15 is 0 Å². The molecule has 1 heterocycles. The molecule has 41 heavy (non-hydrogen) atoms. The SMILES string of the molecule is CC(C)C(=O)C(NC(=O)c1cc(C2CCCN(C(=O)CNCc3ccc(F)cc3F)C2)ccc1F)C1CCCCC1. The van der Waals surface area contributed by atoms with E-state index in [-0.39, 0.29) is 53.7 Å². The van der Waals surface area contributed by atoms with Crippen molar-refractivity contribution in [1.82, 2.24) is 15.5 Å². The number of Topliss-reactive ketones (excluding diaryl/α,β-unsaturated/α-hetero) is 1. The number of nitrogens with zero attached hydrogens (tertiary/aromatic N) is 1. The molecule has 2 atom stereocenters. The molecule has 2 fully saturated rings. The van der Waals surface area contributed by atoms with E-state index in [4.69, 9.17) is 0 Å². The second kappa shape index (κ2) is 14.1. The van der Waals surface area contributed by atoms with Crippen LogP contribution in [0.4, 0.5) is 13.2 Å². The Labute approximate surface area is 240 Å². The Hall–Kier alpha value is -3.20. The normalized spacial score (nSPS) is 18.8. The second-order valence-corrected chi connectivity index (χ2v) is 11.7. The van der Waals surface area contributed by atoms with Crippen LogP contribution in [0.15, 0.2) is 36.4 Å². The summed E-state index contributed by atoms with van der Waals surface area (Å²) in [6.07, 6.45) is 6.41. The minimum Gasteiger partial charge on any atom is -0.342 e. The third-order valence-electron chi connectivity index (χ3n) is 8.37. The lowest BCUT2D eigenvalue weighted by Gasteiger charge is -2.33. The van der Waals surface area contributed by atoms with Crippen molar-refractivity contribution in [2.24, 2.45) is 11.8 Å². The number of halogens is 3. The molecule has 0 bridgehead atoms. The van der Waals surface area contributed by atoms with Crippen molar-refractivity contribution < 1.29 is 27.6 Å². The predicted molar refractivity (Wildman–Crippen MR) is 151 cm³/mol. The van der Waals surface area contributed by atoms with Crippen LogP contribution >= 0.6 is 0 Å². The summed E-state index contributed by atoms with van der Waals surface area (Å²) in [5.74, 6) is -3.01. The first-order valence-electron chi connectivity index (χ1n) is 14.7. The monoisotopic (exact) mass is 571 g/mol. The Morgan fingerprint density at radius 3 is 2.39 bits per heavy atom. The van der Waals surface area contributed by atoms with E-state index in [1.807, 2.05) is 13.8 Å². The lowest BCUT2D eigenvalue weighted by molar-refractivity contribution is -0.131. The van der Waals surface area contributed by atoms with Gasteiger partial charge in [-0.25, -0.2) is 13.2 Å². The van der Waals surface area contributed by atoms with Crippen LogP contribution in [-0.4, -0.2) is 48.2 Å². The molecule has 1 saturated heterocycles. The van der Waals surface area contributed by atoms with Crippen LogP contribution in [0.3, 0.4) is 0 Å². The van der Waals surface area contributed by atoms with Gasteiger partial charge < -0.3 is 15.5 Å². The Morgan fingerprint density at radius 1 is 0.927 bits per heavy atom. The van der Waals surface area contributed by atoms with Gasteiger partial charge in [0.15, 0.2) is 5.78 Å². The van der Waals surface area contributed by atoms with Gasteiger partial charge in [-0.1, -0.05) is 45.2 Å². The molecule has 4 rings (SSSR count). The van der Waals surface area contributed by atoms with Crippen molar-refractivity contribution in [2.45, 2.75) is 77.3 Å². The highest BCUT2D eigenvalue weighted by Gasteiger charge is 2.33. The van der Waals surface area contributed by atoms with Gasteiger partial charge in [-0.2, -0.15) is 0 Å². The fourth-order valence-corrected chi connectivity index (χ4v) is 5.99. The molecule has 9 heteroatoms. The van der Waals surface area contributed by atoms with Gasteiger partial charge in [0.2, 0.25) is 5.91 Å². The number of rotatable bonds is 10. The van der Waals surface area contributed by atoms with E-state index in [1.165, 1.54) is 18.2 Å². The van der Waals surface area contributed by atoms with Gasteiger partial charge in [0.25, 0.3) is 5.91 Å². The predicted octanol–water partition coefficient (Wildman–Crippen LogP) is 5.50. The first-order chi connectivity index (χ1) is 19.6. The van der Waals surface area contributed by atoms with Gasteiger partial charge in [-0.05, 0) is 55.4 Å². The molecule has 2 aliphatic rings. The van der Waals surface area contributed by atoms with Crippen LogP contribution in [-0.2, 0) is 16.1 Å². The number of amides is 2. The van der Waals surface area contributed by atoms with Crippen molar-refractivity contribution in [2.75, 3.05) is 19.6 Å². The summed E-state index contributed by atoms with van der Waals surface area (Å²) in [5.41, 5.74) is 0.944. The third kappa shape index (κ3) is 7.97. The lowest BCUT2D eigenvalue weighted by Crippen LogP contribution is -2.48. The fourth-order valence-electron chi connectivity index (χ4n) is 5.99. The summed E-state index contributed by atoms with van der Waals surface area (Å²) in [5, 5.41) is 5.80. The average molecular weight is 572 g/mol. The molecule has 1 saturated carbocycles. The van der Waals surface area contributed by atoms with Crippen LogP contribution in [0.25, 0.3) is 0 Å². The number of carbonyl (C=O) groups is 3. The average Bonchev–Trinajstić information content (AvgIpc) is 2.97. The molecule has 222 valence electrons. The molecule has 6 nitrogen and oxygen atoms in total. The molecule has 0 aromatic heterocycles. The van der Waals surface area contributed by atoms with Gasteiger partial charge in [-0.15, -0.1) is 0 Å². The number of piperidine rings is 1. The Kier molecular flexibility index (Phi) is 10.6. The smallest absolute Gasteiger partial charge is 0.254 e. The minimum absolute atomic E-state index is 0.00690. The molecule has 2 amide bonds. The van der Waals surface area contributed by atoms with Crippen LogP contribution in [0.2, 0.25) is 0 Å². The second-order valence-electron chi connectivity index (χ2n) is 11.7. The van der Waals surface area contributed by atoms with E-state index in [2.05, 4.69) is 10.6 Å². The first-order valence-corrected chi connectivity index (χ1v) is 14.7. The van der Waals surface area contributed by atoms with Gasteiger partial charge >= 0.3 is 0 Å². The number of nitrogens with one attached hydrogen (secondary N) is 2. The lowest BCUT2D eigenvalue weighted by atomic mass is 9.80. The van der Waals surface area contributed by atoms with E-state index in [9.17, 15) is 27.6 Å². The third-order valence-corrected chi connectivity index (χ3v) is 8.37. The van der Waals surface area contributed by atoms with Crippen molar-refractivity contribution in [3.05, 3.63) is 70.5 Å². The molecule has 2 unspecified atom stereocenters. The maximum Gasteiger partial charge on any atom is 0.254 e. The zero-order valence-corrected chi connectivity index (χ0v) is 23.9. The van der Waals surface area contributed by atoms with Gasteiger partial charge in [0.1, 0.15) is 17.5 Å². The molecule has 0 radical (unpaired) electrons. The largest absolute Gasteiger partial charge is 0.342 e. The molecular weight excluding hydrogens is 531 g/mol. The standard InChI is InChI=1S/C32H40F3N3O3/c1-20(2)31(40)30(21-7-4-3-5-8-21)37-32(41)26-15-22(11-13-27(26)34)24-9-6-14-38(19-24)29(39)18-36-17-23-10-12-25(33)16-28(23)35/h10-13,15-16,20-21,24,30,36H,3-9,14,17-19H2,1-2H3,(H,37,41). The summed E-state index contributed by atoms with van der Waals surface area (Å²) in [7, 11) is 0. The number of benzene rings is 2. The quantitative estimate of drug-likeness (QED) is 0.395. The molecule has 2 aromatic carbocycles. The van der Waals surface area contributed by atoms with E-state index in [1.54, 1.807) is 17.0 Å². The van der Waals surface area contributed by atoms with Crippen molar-refractivity contribution >= 4 is 17.6 Å². The van der Waals surface area contributed by atoms with E-state index < -0.39 is 29.4 Å². The highest BCUT2D eigenvalue weighted by Crippen LogP contribution is 2.30.